The lowest BCUT2D eigenvalue weighted by Gasteiger charge is -2.34. The number of alkyl halides is 3. The number of esters is 1. The normalized spacial score (nSPS) is 18.9. The highest BCUT2D eigenvalue weighted by Crippen LogP contribution is 2.55. The summed E-state index contributed by atoms with van der Waals surface area (Å²) < 4.78 is 81.1. The number of sulfonamides is 1. The molecule has 0 amide bonds. The zero-order chi connectivity index (χ0) is 29.0. The molecule has 1 aromatic carbocycles. The zero-order valence-electron chi connectivity index (χ0n) is 22.4. The number of nitrogens with zero attached hydrogens (tertiary/aromatic N) is 4. The van der Waals surface area contributed by atoms with Crippen molar-refractivity contribution in [1.29, 1.82) is 0 Å². The monoisotopic (exact) mass is 594 g/mol. The summed E-state index contributed by atoms with van der Waals surface area (Å²) in [5.41, 5.74) is 1.53. The lowest BCUT2D eigenvalue weighted by atomic mass is 9.96. The number of pyridine rings is 1. The van der Waals surface area contributed by atoms with Gasteiger partial charge in [0.05, 0.1) is 31.0 Å². The van der Waals surface area contributed by atoms with Crippen molar-refractivity contribution in [2.75, 3.05) is 13.7 Å². The van der Waals surface area contributed by atoms with Crippen LogP contribution in [0.2, 0.25) is 25.7 Å². The molecule has 2 bridgehead atoms. The van der Waals surface area contributed by atoms with E-state index in [0.717, 1.165) is 24.0 Å². The van der Waals surface area contributed by atoms with E-state index in [0.29, 0.717) is 29.4 Å². The van der Waals surface area contributed by atoms with E-state index >= 15 is 0 Å². The first-order valence-corrected chi connectivity index (χ1v) is 17.8. The maximum atomic E-state index is 14.0. The van der Waals surface area contributed by atoms with Gasteiger partial charge in [-0.05, 0) is 35.4 Å². The van der Waals surface area contributed by atoms with Crippen molar-refractivity contribution in [2.45, 2.75) is 62.0 Å². The maximum absolute atomic E-state index is 14.0. The molecule has 2 aliphatic heterocycles. The SMILES string of the molecule is COC(=O)c1cccc2c1C1Cc3c(cnn3COCC[Si](C)(C)C)C2N1S(=O)(=O)c1ccc(C(F)(F)F)nc1. The van der Waals surface area contributed by atoms with Gasteiger partial charge < -0.3 is 9.47 Å². The number of ether oxygens (including phenoxy) is 2. The molecule has 0 fully saturated rings. The van der Waals surface area contributed by atoms with Crippen LogP contribution >= 0.6 is 0 Å². The Labute approximate surface area is 231 Å². The minimum absolute atomic E-state index is 0.178. The number of carbonyl (C=O) groups excluding carboxylic acids is 1. The molecule has 0 saturated carbocycles. The molecule has 3 aromatic rings. The molecule has 2 aliphatic rings. The molecule has 2 atom stereocenters. The van der Waals surface area contributed by atoms with Crippen LogP contribution in [-0.2, 0) is 38.8 Å². The van der Waals surface area contributed by atoms with Crippen LogP contribution < -0.4 is 0 Å². The number of hydrogen-bond donors (Lipinski definition) is 0. The molecule has 0 spiro atoms. The molecule has 2 unspecified atom stereocenters. The quantitative estimate of drug-likeness (QED) is 0.210. The summed E-state index contributed by atoms with van der Waals surface area (Å²) in [5.74, 6) is -0.613. The summed E-state index contributed by atoms with van der Waals surface area (Å²) in [7, 11) is -4.41. The Morgan fingerprint density at radius 2 is 1.88 bits per heavy atom. The van der Waals surface area contributed by atoms with Gasteiger partial charge >= 0.3 is 12.1 Å². The first-order valence-electron chi connectivity index (χ1n) is 12.6. The van der Waals surface area contributed by atoms with Crippen molar-refractivity contribution in [3.05, 3.63) is 76.4 Å². The van der Waals surface area contributed by atoms with E-state index in [-0.39, 0.29) is 23.6 Å². The van der Waals surface area contributed by atoms with E-state index in [1.807, 2.05) is 0 Å². The molecular formula is C26H29F3N4O5SSi. The molecule has 0 radical (unpaired) electrons. The summed E-state index contributed by atoms with van der Waals surface area (Å²) in [4.78, 5) is 15.7. The van der Waals surface area contributed by atoms with Gasteiger partial charge in [0.25, 0.3) is 0 Å². The van der Waals surface area contributed by atoms with Crippen molar-refractivity contribution in [3.63, 3.8) is 0 Å². The van der Waals surface area contributed by atoms with Crippen LogP contribution in [0.5, 0.6) is 0 Å². The predicted octanol–water partition coefficient (Wildman–Crippen LogP) is 4.79. The summed E-state index contributed by atoms with van der Waals surface area (Å²) in [6.07, 6.45) is -2.23. The van der Waals surface area contributed by atoms with Gasteiger partial charge in [0, 0.05) is 38.6 Å². The Hall–Kier alpha value is -3.07. The van der Waals surface area contributed by atoms with Crippen LogP contribution in [-0.4, -0.2) is 55.2 Å². The molecule has 0 N–H and O–H groups in total. The summed E-state index contributed by atoms with van der Waals surface area (Å²) in [6, 6.07) is 5.82. The molecule has 4 heterocycles. The molecular weight excluding hydrogens is 565 g/mol. The molecule has 40 heavy (non-hydrogen) atoms. The topological polar surface area (TPSA) is 104 Å². The average molecular weight is 595 g/mol. The van der Waals surface area contributed by atoms with Crippen molar-refractivity contribution < 1.29 is 35.9 Å². The number of fused-ring (bicyclic) bond motifs is 7. The van der Waals surface area contributed by atoms with E-state index in [1.165, 1.54) is 11.4 Å². The van der Waals surface area contributed by atoms with Gasteiger partial charge in [0.15, 0.2) is 0 Å². The average Bonchev–Trinajstić information content (AvgIpc) is 3.42. The van der Waals surface area contributed by atoms with E-state index in [9.17, 15) is 26.4 Å². The van der Waals surface area contributed by atoms with Gasteiger partial charge in [0.2, 0.25) is 10.0 Å². The van der Waals surface area contributed by atoms with Crippen LogP contribution in [0.4, 0.5) is 13.2 Å². The van der Waals surface area contributed by atoms with E-state index < -0.39 is 48.0 Å². The van der Waals surface area contributed by atoms with Crippen LogP contribution in [0.15, 0.2) is 47.6 Å². The van der Waals surface area contributed by atoms with Crippen LogP contribution in [0, 0.1) is 0 Å². The number of hydrogen-bond acceptors (Lipinski definition) is 7. The van der Waals surface area contributed by atoms with Crippen molar-refractivity contribution in [2.24, 2.45) is 0 Å². The molecule has 9 nitrogen and oxygen atoms in total. The van der Waals surface area contributed by atoms with Crippen LogP contribution in [0.25, 0.3) is 0 Å². The second-order valence-electron chi connectivity index (χ2n) is 11.0. The zero-order valence-corrected chi connectivity index (χ0v) is 24.2. The van der Waals surface area contributed by atoms with Crippen molar-refractivity contribution in [3.8, 4) is 0 Å². The highest BCUT2D eigenvalue weighted by molar-refractivity contribution is 7.89. The standard InChI is InChI=1S/C26H29F3N4O5SSi/c1-37-25(34)18-7-5-6-17-23(18)21-12-20-19(14-31-32(20)15-38-10-11-40(2,3)4)24(17)33(21)39(35,36)16-8-9-22(30-13-16)26(27,28)29/h5-9,13-14,21,24H,10-12,15H2,1-4H3. The first-order chi connectivity index (χ1) is 18.7. The summed E-state index contributed by atoms with van der Waals surface area (Å²) in [6.45, 7) is 7.52. The summed E-state index contributed by atoms with van der Waals surface area (Å²) >= 11 is 0. The molecule has 214 valence electrons. The second-order valence-corrected chi connectivity index (χ2v) is 18.5. The minimum Gasteiger partial charge on any atom is -0.465 e. The number of aromatic nitrogens is 3. The molecule has 0 aliphatic carbocycles. The Bertz CT molecular complexity index is 1550. The fourth-order valence-corrected chi connectivity index (χ4v) is 7.70. The Kier molecular flexibility index (Phi) is 7.17. The first kappa shape index (κ1) is 28.5. The van der Waals surface area contributed by atoms with Gasteiger partial charge in [-0.3, -0.25) is 4.98 Å². The third-order valence-corrected chi connectivity index (χ3v) is 10.8. The van der Waals surface area contributed by atoms with E-state index in [2.05, 4.69) is 29.7 Å². The highest BCUT2D eigenvalue weighted by atomic mass is 32.2. The lowest BCUT2D eigenvalue weighted by molar-refractivity contribution is -0.141. The van der Waals surface area contributed by atoms with Gasteiger partial charge in [-0.25, -0.2) is 17.9 Å². The van der Waals surface area contributed by atoms with Gasteiger partial charge in [-0.1, -0.05) is 31.8 Å². The third-order valence-electron chi connectivity index (χ3n) is 7.21. The van der Waals surface area contributed by atoms with E-state index in [1.54, 1.807) is 29.1 Å². The maximum Gasteiger partial charge on any atom is 0.433 e. The summed E-state index contributed by atoms with van der Waals surface area (Å²) in [5, 5.41) is 4.48. The molecule has 14 heteroatoms. The molecule has 5 rings (SSSR count). The molecule has 2 aromatic heterocycles. The number of methoxy groups -OCH3 is 1. The van der Waals surface area contributed by atoms with Crippen molar-refractivity contribution in [1.82, 2.24) is 19.1 Å². The highest BCUT2D eigenvalue weighted by Gasteiger charge is 2.53. The lowest BCUT2D eigenvalue weighted by Crippen LogP contribution is -2.38. The Balaban J connectivity index is 1.57. The van der Waals surface area contributed by atoms with E-state index in [4.69, 9.17) is 9.47 Å². The van der Waals surface area contributed by atoms with Crippen LogP contribution in [0.1, 0.15) is 50.5 Å². The minimum atomic E-state index is -4.71. The number of rotatable bonds is 8. The third kappa shape index (κ3) is 4.97. The fraction of sp³-hybridized carbons (Fsp3) is 0.423. The molecule has 0 saturated heterocycles. The largest absolute Gasteiger partial charge is 0.465 e. The smallest absolute Gasteiger partial charge is 0.433 e. The van der Waals surface area contributed by atoms with Gasteiger partial charge in [-0.15, -0.1) is 0 Å². The predicted molar refractivity (Wildman–Crippen MR) is 141 cm³/mol. The van der Waals surface area contributed by atoms with Gasteiger partial charge in [-0.2, -0.15) is 22.6 Å². The second kappa shape index (κ2) is 10.1. The van der Waals surface area contributed by atoms with Gasteiger partial charge in [0.1, 0.15) is 17.3 Å². The van der Waals surface area contributed by atoms with Crippen molar-refractivity contribution >= 4 is 24.1 Å². The fourth-order valence-electron chi connectivity index (χ4n) is 5.25. The Morgan fingerprint density at radius 1 is 1.12 bits per heavy atom. The number of carbonyl (C=O) groups is 1. The Morgan fingerprint density at radius 3 is 2.50 bits per heavy atom. The number of benzene rings is 1. The van der Waals surface area contributed by atoms with Crippen LogP contribution in [0.3, 0.4) is 0 Å². The number of halogens is 3.